The molecule has 738 valence electrons. The number of nitrogens with zero attached hydrogens (tertiary/aromatic N) is 2. The zero-order valence-corrected chi connectivity index (χ0v) is 80.0. The Morgan fingerprint density at radius 3 is 1.25 bits per heavy atom. The number of hydrogen-bond donors (Lipinski definition) is 15. The fourth-order valence-corrected chi connectivity index (χ4v) is 15.3. The van der Waals surface area contributed by atoms with Crippen LogP contribution in [0.3, 0.4) is 0 Å². The Balaban J connectivity index is 0.000000235. The smallest absolute Gasteiger partial charge is 0.461 e. The van der Waals surface area contributed by atoms with Gasteiger partial charge in [-0.2, -0.15) is 13.2 Å². The molecular formula is C100H129B5F3N7O23. The number of ether oxygens (including phenoxy) is 3. The number of benzene rings is 7. The summed E-state index contributed by atoms with van der Waals surface area (Å²) in [7, 11) is -8.41. The molecule has 7 aromatic carbocycles. The molecule has 0 bridgehead atoms. The second kappa shape index (κ2) is 53.0. The monoisotopic (exact) mass is 1910 g/mol. The molecule has 3 saturated carbocycles. The third-order valence-corrected chi connectivity index (χ3v) is 24.0. The minimum absolute atomic E-state index is 0.00961. The Hall–Kier alpha value is -11.6. The second-order valence-corrected chi connectivity index (χ2v) is 38.3. The molecular weight excluding hydrogens is 1780 g/mol. The lowest BCUT2D eigenvalue weighted by Gasteiger charge is -2.40. The highest BCUT2D eigenvalue weighted by Gasteiger charge is 2.53. The third-order valence-electron chi connectivity index (χ3n) is 24.0. The first-order valence-electron chi connectivity index (χ1n) is 46.1. The van der Waals surface area contributed by atoms with Crippen LogP contribution in [0.4, 0.5) is 13.2 Å². The maximum Gasteiger partial charge on any atom is 0.475 e. The summed E-state index contributed by atoms with van der Waals surface area (Å²) in [6.07, 6.45) is 5.92. The van der Waals surface area contributed by atoms with Crippen molar-refractivity contribution in [2.75, 3.05) is 0 Å². The van der Waals surface area contributed by atoms with Gasteiger partial charge in [0.15, 0.2) is 11.6 Å². The molecule has 1 aromatic heterocycles. The summed E-state index contributed by atoms with van der Waals surface area (Å²) in [6, 6.07) is 56.6. The van der Waals surface area contributed by atoms with Crippen LogP contribution in [0.5, 0.6) is 0 Å². The number of nitrogens with one attached hydrogen (secondary N) is 5. The van der Waals surface area contributed by atoms with Crippen molar-refractivity contribution in [3.05, 3.63) is 274 Å². The molecule has 0 radical (unpaired) electrons. The summed E-state index contributed by atoms with van der Waals surface area (Å²) in [4.78, 5) is 133. The van der Waals surface area contributed by atoms with Gasteiger partial charge in [-0.25, -0.2) is 4.98 Å². The zero-order valence-electron chi connectivity index (χ0n) is 80.0. The largest absolute Gasteiger partial charge is 0.475 e. The van der Waals surface area contributed by atoms with Crippen molar-refractivity contribution in [2.45, 2.75) is 257 Å². The highest BCUT2D eigenvalue weighted by atomic mass is 19.4. The summed E-state index contributed by atoms with van der Waals surface area (Å²) >= 11 is 0. The van der Waals surface area contributed by atoms with Gasteiger partial charge in [-0.3, -0.25) is 52.9 Å². The van der Waals surface area contributed by atoms with Gasteiger partial charge in [-0.1, -0.05) is 234 Å². The van der Waals surface area contributed by atoms with Gasteiger partial charge in [-0.15, -0.1) is 0 Å². The highest BCUT2D eigenvalue weighted by Crippen LogP contribution is 2.47. The molecule has 30 nitrogen and oxygen atoms in total. The summed E-state index contributed by atoms with van der Waals surface area (Å²) in [6.45, 7) is 19.5. The molecule has 3 aliphatic rings. The average Bonchev–Trinajstić information content (AvgIpc) is 1.00. The SMILES string of the molecule is CC(C)(C)OC(=O)CC1(C(=O)N[C@@H](Cc2ccccc2)B(O)O)CCC1.CC(C)(CC(=O)OCc1ccccc1)C(=O)N[C@@H](Cc1ccccc1)B(O)O.CC(C)C[C@H](NC(=O)C1(CC(=O)OCc2ccccc2)CCC1)B(O)O.Cc1ccc(C[C@H](CC(=O)C(C)(C)NC(=O)c2ccccc2C(F)(F)F)B(O)O)cc1.Cc1ccc(C[C@H](CC(=O)C2(NC(=O)c3cnccn3)CC2)B(O)O)cc1. The van der Waals surface area contributed by atoms with E-state index >= 15 is 0 Å². The maximum atomic E-state index is 13.2. The van der Waals surface area contributed by atoms with Crippen LogP contribution in [-0.2, 0) is 97.6 Å². The normalized spacial score (nSPS) is 14.7. The number of aromatic nitrogens is 2. The van der Waals surface area contributed by atoms with Gasteiger partial charge < -0.3 is 91.0 Å². The number of rotatable bonds is 41. The van der Waals surface area contributed by atoms with Gasteiger partial charge in [0.2, 0.25) is 17.7 Å². The number of alkyl halides is 3. The number of carbonyl (C=O) groups excluding carboxylic acids is 10. The van der Waals surface area contributed by atoms with Gasteiger partial charge in [0.25, 0.3) is 11.8 Å². The molecule has 11 rings (SSSR count). The number of Topliss-reactive ketones (excluding diaryl/α,β-unsaturated/α-hetero) is 2. The van der Waals surface area contributed by atoms with Crippen LogP contribution >= 0.6 is 0 Å². The van der Waals surface area contributed by atoms with Crippen LogP contribution < -0.4 is 26.6 Å². The summed E-state index contributed by atoms with van der Waals surface area (Å²) in [5.74, 6) is -8.29. The number of esters is 3. The van der Waals surface area contributed by atoms with Crippen LogP contribution in [-0.4, -0.2) is 189 Å². The lowest BCUT2D eigenvalue weighted by molar-refractivity contribution is -0.163. The van der Waals surface area contributed by atoms with Crippen LogP contribution in [0.1, 0.15) is 223 Å². The van der Waals surface area contributed by atoms with E-state index in [1.165, 1.54) is 44.6 Å². The van der Waals surface area contributed by atoms with E-state index in [1.54, 1.807) is 34.6 Å². The van der Waals surface area contributed by atoms with E-state index in [-0.39, 0.29) is 87.4 Å². The Morgan fingerprint density at radius 2 is 0.855 bits per heavy atom. The first kappa shape index (κ1) is 113. The zero-order chi connectivity index (χ0) is 102. The Bertz CT molecular complexity index is 5220. The molecule has 38 heteroatoms. The molecule has 0 saturated heterocycles. The van der Waals surface area contributed by atoms with Gasteiger partial charge in [-0.05, 0) is 171 Å². The Labute approximate surface area is 806 Å². The molecule has 3 aliphatic carbocycles. The number of ketones is 2. The van der Waals surface area contributed by atoms with Crippen molar-refractivity contribution in [1.82, 2.24) is 36.6 Å². The fraction of sp³-hybridized carbons (Fsp3) is 0.440. The van der Waals surface area contributed by atoms with Crippen molar-refractivity contribution >= 4 is 94.6 Å². The number of aryl methyl sites for hydroxylation is 2. The number of amides is 5. The Kier molecular flexibility index (Phi) is 43.6. The molecule has 0 aliphatic heterocycles. The van der Waals surface area contributed by atoms with Crippen molar-refractivity contribution in [3.63, 3.8) is 0 Å². The Morgan fingerprint density at radius 1 is 0.449 bits per heavy atom. The van der Waals surface area contributed by atoms with E-state index in [9.17, 15) is 111 Å². The van der Waals surface area contributed by atoms with E-state index in [0.29, 0.717) is 57.8 Å². The number of hydrogen-bond acceptors (Lipinski definition) is 25. The first-order valence-corrected chi connectivity index (χ1v) is 46.1. The van der Waals surface area contributed by atoms with Crippen molar-refractivity contribution < 1.29 is 126 Å². The van der Waals surface area contributed by atoms with Crippen LogP contribution in [0.15, 0.2) is 213 Å². The molecule has 15 N–H and O–H groups in total. The minimum atomic E-state index is -4.72. The standard InChI is InChI=1S/C22H25BF3NO4.C21H26BNO5.C19H22BN3O4.2C19H28BNO5/c1-14-8-10-15(11-9-14)12-16(23(30)31)13-19(28)21(2,3)27-20(29)17-6-4-5-7-18(17)22(24,25)26;1-21(2,14-19(24)28-15-17-11-7-4-8-12-17)20(25)23-18(22(26)27)13-16-9-5-3-6-10-16;1-13-2-4-14(5-3-13)10-15(20(26)27)11-17(24)19(6-7-19)23-18(25)16-12-21-8-9-22-16;1-18(2,3)26-16(22)13-19(10-7-11-19)17(23)21-15(20(24)25)12-14-8-5-4-6-9-14;1-14(2)11-16(20(24)25)21-18(23)19(9-6-10-19)12-17(22)26-13-15-7-4-3-5-8-15/h4-11,16,30-31H,12-13H2,1-3H3,(H,27,29);3-12,18,26-27H,13-15H2,1-2H3,(H,23,25);2-5,8-9,12,15,26-27H,6-7,10-11H2,1H3,(H,23,25);4-6,8-9,15,24-25H,7,10-13H2,1-3H3,(H,21,23);3-5,7-8,14,16,24-25H,6,9-13H2,1-2H3,(H,21,23)/t16-;18-;2*15-;16-/m10100/s1. The molecule has 138 heavy (non-hydrogen) atoms. The van der Waals surface area contributed by atoms with E-state index in [0.717, 1.165) is 69.5 Å². The molecule has 5 atom stereocenters. The first-order chi connectivity index (χ1) is 64.9. The second-order valence-electron chi connectivity index (χ2n) is 38.3. The lowest BCUT2D eigenvalue weighted by Crippen LogP contribution is -2.55. The quantitative estimate of drug-likeness (QED) is 0.00962. The minimum Gasteiger partial charge on any atom is -0.461 e. The molecule has 1 heterocycles. The molecule has 8 aromatic rings. The van der Waals surface area contributed by atoms with Gasteiger partial charge >= 0.3 is 59.7 Å². The van der Waals surface area contributed by atoms with Crippen LogP contribution in [0, 0.1) is 36.0 Å². The molecule has 3 fully saturated rings. The van der Waals surface area contributed by atoms with Crippen molar-refractivity contribution in [1.29, 1.82) is 0 Å². The van der Waals surface area contributed by atoms with E-state index in [2.05, 4.69) is 36.6 Å². The third kappa shape index (κ3) is 37.6. The van der Waals surface area contributed by atoms with Gasteiger partial charge in [0.1, 0.15) is 24.5 Å². The predicted molar refractivity (Wildman–Crippen MR) is 516 cm³/mol. The van der Waals surface area contributed by atoms with Gasteiger partial charge in [0.05, 0.1) is 81.7 Å². The average molecular weight is 1910 g/mol. The number of carbonyl (C=O) groups is 10. The lowest BCUT2D eigenvalue weighted by atomic mass is 9.65. The summed E-state index contributed by atoms with van der Waals surface area (Å²) in [5.41, 5.74) is 0.131. The van der Waals surface area contributed by atoms with Crippen LogP contribution in [0.25, 0.3) is 0 Å². The molecule has 5 amide bonds. The molecule has 0 spiro atoms. The summed E-state index contributed by atoms with van der Waals surface area (Å²) in [5, 5.41) is 110. The molecule has 0 unspecified atom stereocenters. The van der Waals surface area contributed by atoms with Crippen molar-refractivity contribution in [3.8, 4) is 0 Å². The van der Waals surface area contributed by atoms with E-state index in [1.807, 2.05) is 198 Å². The van der Waals surface area contributed by atoms with E-state index in [4.69, 9.17) is 14.2 Å². The van der Waals surface area contributed by atoms with E-state index < -0.39 is 157 Å². The fourth-order valence-electron chi connectivity index (χ4n) is 15.3. The van der Waals surface area contributed by atoms with Crippen LogP contribution in [0.2, 0.25) is 11.6 Å². The number of halogens is 3. The predicted octanol–water partition coefficient (Wildman–Crippen LogP) is 10.0. The maximum absolute atomic E-state index is 13.2. The van der Waals surface area contributed by atoms with Crippen molar-refractivity contribution in [2.24, 2.45) is 22.2 Å². The topological polar surface area (TPSA) is 487 Å². The highest BCUT2D eigenvalue weighted by molar-refractivity contribution is 6.45. The summed E-state index contributed by atoms with van der Waals surface area (Å²) < 4.78 is 55.5. The van der Waals surface area contributed by atoms with Gasteiger partial charge in [0, 0.05) is 36.9 Å².